The minimum Gasteiger partial charge on any atom is -0.437 e. The highest BCUT2D eigenvalue weighted by molar-refractivity contribution is 5.94. The Morgan fingerprint density at radius 3 is 3.12 bits per heavy atom. The highest BCUT2D eigenvalue weighted by Gasteiger charge is 2.21. The van der Waals surface area contributed by atoms with Gasteiger partial charge < -0.3 is 10.1 Å². The summed E-state index contributed by atoms with van der Waals surface area (Å²) in [6.07, 6.45) is 7.84. The molecule has 25 heavy (non-hydrogen) atoms. The SMILES string of the molecule is O=C(N[C@H]1CCc2ncnn2C1)c1cccc(Oc2cnccn2)c1. The Morgan fingerprint density at radius 2 is 2.24 bits per heavy atom. The van der Waals surface area contributed by atoms with Crippen molar-refractivity contribution in [1.82, 2.24) is 30.0 Å². The molecule has 0 saturated carbocycles. The number of aromatic nitrogens is 5. The first-order chi connectivity index (χ1) is 12.3. The molecule has 8 nitrogen and oxygen atoms in total. The fraction of sp³-hybridized carbons (Fsp3) is 0.235. The van der Waals surface area contributed by atoms with Gasteiger partial charge in [-0.05, 0) is 24.6 Å². The molecule has 0 unspecified atom stereocenters. The topological polar surface area (TPSA) is 94.8 Å². The molecule has 8 heteroatoms. The zero-order valence-electron chi connectivity index (χ0n) is 13.4. The van der Waals surface area contributed by atoms with Crippen LogP contribution in [0.25, 0.3) is 0 Å². The molecule has 0 aliphatic carbocycles. The first-order valence-corrected chi connectivity index (χ1v) is 7.99. The summed E-state index contributed by atoms with van der Waals surface area (Å²) in [6.45, 7) is 0.636. The summed E-state index contributed by atoms with van der Waals surface area (Å²) in [7, 11) is 0. The molecule has 0 radical (unpaired) electrons. The van der Waals surface area contributed by atoms with Gasteiger partial charge in [-0.25, -0.2) is 14.6 Å². The van der Waals surface area contributed by atoms with Crippen molar-refractivity contribution in [3.05, 3.63) is 60.6 Å². The second kappa shape index (κ2) is 6.68. The molecule has 2 aromatic heterocycles. The molecule has 1 aliphatic rings. The van der Waals surface area contributed by atoms with Crippen molar-refractivity contribution < 1.29 is 9.53 Å². The first-order valence-electron chi connectivity index (χ1n) is 7.99. The van der Waals surface area contributed by atoms with Gasteiger partial charge in [0.2, 0.25) is 5.88 Å². The molecule has 0 spiro atoms. The number of ether oxygens (including phenoxy) is 1. The third-order valence-electron chi connectivity index (χ3n) is 4.00. The maximum absolute atomic E-state index is 12.5. The van der Waals surface area contributed by atoms with Crippen LogP contribution in [0.3, 0.4) is 0 Å². The molecule has 3 heterocycles. The number of hydrogen-bond donors (Lipinski definition) is 1. The molecule has 3 aromatic rings. The predicted molar refractivity (Wildman–Crippen MR) is 88.1 cm³/mol. The number of carbonyl (C=O) groups is 1. The second-order valence-electron chi connectivity index (χ2n) is 5.74. The molecular formula is C17H16N6O2. The van der Waals surface area contributed by atoms with Gasteiger partial charge in [0.1, 0.15) is 17.9 Å². The summed E-state index contributed by atoms with van der Waals surface area (Å²) in [6, 6.07) is 7.02. The van der Waals surface area contributed by atoms with E-state index in [1.165, 1.54) is 6.20 Å². The van der Waals surface area contributed by atoms with Crippen LogP contribution >= 0.6 is 0 Å². The standard InChI is InChI=1S/C17H16N6O2/c24-17(22-13-4-5-15-20-11-21-23(15)10-13)12-2-1-3-14(8-12)25-16-9-18-6-7-19-16/h1-3,6-9,11,13H,4-5,10H2,(H,22,24)/t13-/m0/s1. The van der Waals surface area contributed by atoms with E-state index >= 15 is 0 Å². The predicted octanol–water partition coefficient (Wildman–Crippen LogP) is 1.61. The van der Waals surface area contributed by atoms with Crippen LogP contribution in [0, 0.1) is 0 Å². The molecule has 1 aromatic carbocycles. The number of rotatable bonds is 4. The van der Waals surface area contributed by atoms with Gasteiger partial charge in [0, 0.05) is 30.4 Å². The number of carbonyl (C=O) groups excluding carboxylic acids is 1. The molecule has 1 N–H and O–H groups in total. The molecule has 0 bridgehead atoms. The van der Waals surface area contributed by atoms with Gasteiger partial charge in [0.25, 0.3) is 5.91 Å². The minimum atomic E-state index is -0.141. The van der Waals surface area contributed by atoms with Crippen molar-refractivity contribution in [1.29, 1.82) is 0 Å². The number of aryl methyl sites for hydroxylation is 1. The van der Waals surface area contributed by atoms with E-state index in [4.69, 9.17) is 4.74 Å². The molecule has 126 valence electrons. The monoisotopic (exact) mass is 336 g/mol. The highest BCUT2D eigenvalue weighted by Crippen LogP contribution is 2.20. The molecule has 1 atom stereocenters. The average Bonchev–Trinajstić information content (AvgIpc) is 3.10. The van der Waals surface area contributed by atoms with E-state index in [1.807, 2.05) is 4.68 Å². The molecule has 0 fully saturated rings. The van der Waals surface area contributed by atoms with E-state index < -0.39 is 0 Å². The van der Waals surface area contributed by atoms with Gasteiger partial charge in [0.05, 0.1) is 12.7 Å². The van der Waals surface area contributed by atoms with E-state index in [9.17, 15) is 4.79 Å². The van der Waals surface area contributed by atoms with Crippen molar-refractivity contribution in [2.75, 3.05) is 0 Å². The maximum atomic E-state index is 12.5. The third-order valence-corrected chi connectivity index (χ3v) is 4.00. The normalized spacial score (nSPS) is 16.1. The summed E-state index contributed by atoms with van der Waals surface area (Å²) in [5, 5.41) is 7.22. The van der Waals surface area contributed by atoms with Gasteiger partial charge >= 0.3 is 0 Å². The van der Waals surface area contributed by atoms with Crippen LogP contribution in [-0.4, -0.2) is 36.7 Å². The highest BCUT2D eigenvalue weighted by atomic mass is 16.5. The van der Waals surface area contributed by atoms with Crippen LogP contribution in [0.15, 0.2) is 49.2 Å². The average molecular weight is 336 g/mol. The Bertz CT molecular complexity index is 880. The fourth-order valence-corrected chi connectivity index (χ4v) is 2.78. The van der Waals surface area contributed by atoms with E-state index in [0.717, 1.165) is 18.7 Å². The summed E-state index contributed by atoms with van der Waals surface area (Å²) >= 11 is 0. The van der Waals surface area contributed by atoms with Crippen LogP contribution < -0.4 is 10.1 Å². The number of amides is 1. The number of nitrogens with one attached hydrogen (secondary N) is 1. The Morgan fingerprint density at radius 1 is 1.28 bits per heavy atom. The lowest BCUT2D eigenvalue weighted by atomic mass is 10.1. The van der Waals surface area contributed by atoms with Gasteiger partial charge in [-0.3, -0.25) is 9.78 Å². The molecule has 0 saturated heterocycles. The Hall–Kier alpha value is -3.29. The van der Waals surface area contributed by atoms with Crippen molar-refractivity contribution in [3.8, 4) is 11.6 Å². The summed E-state index contributed by atoms with van der Waals surface area (Å²) in [4.78, 5) is 24.7. The molecule has 1 aliphatic heterocycles. The Labute approximate surface area is 143 Å². The zero-order chi connectivity index (χ0) is 17.1. The van der Waals surface area contributed by atoms with E-state index in [2.05, 4.69) is 25.4 Å². The lowest BCUT2D eigenvalue weighted by Gasteiger charge is -2.23. The summed E-state index contributed by atoms with van der Waals surface area (Å²) in [5.74, 6) is 1.74. The number of benzene rings is 1. The Kier molecular flexibility index (Phi) is 4.07. The van der Waals surface area contributed by atoms with Crippen molar-refractivity contribution in [3.63, 3.8) is 0 Å². The minimum absolute atomic E-state index is 0.0336. The van der Waals surface area contributed by atoms with Crippen LogP contribution in [0.4, 0.5) is 0 Å². The quantitative estimate of drug-likeness (QED) is 0.778. The lowest BCUT2D eigenvalue weighted by molar-refractivity contribution is 0.0926. The van der Waals surface area contributed by atoms with Crippen LogP contribution in [-0.2, 0) is 13.0 Å². The van der Waals surface area contributed by atoms with E-state index in [1.54, 1.807) is 43.0 Å². The zero-order valence-corrected chi connectivity index (χ0v) is 13.4. The maximum Gasteiger partial charge on any atom is 0.251 e. The Balaban J connectivity index is 1.43. The first kappa shape index (κ1) is 15.3. The fourth-order valence-electron chi connectivity index (χ4n) is 2.78. The smallest absolute Gasteiger partial charge is 0.251 e. The largest absolute Gasteiger partial charge is 0.437 e. The number of nitrogens with zero attached hydrogens (tertiary/aromatic N) is 5. The van der Waals surface area contributed by atoms with Crippen LogP contribution in [0.5, 0.6) is 11.6 Å². The van der Waals surface area contributed by atoms with Gasteiger partial charge in [0.15, 0.2) is 0 Å². The number of fused-ring (bicyclic) bond motifs is 1. The molecule has 4 rings (SSSR count). The van der Waals surface area contributed by atoms with Crippen molar-refractivity contribution in [2.45, 2.75) is 25.4 Å². The van der Waals surface area contributed by atoms with Gasteiger partial charge in [-0.1, -0.05) is 6.07 Å². The number of hydrogen-bond acceptors (Lipinski definition) is 6. The van der Waals surface area contributed by atoms with Crippen molar-refractivity contribution >= 4 is 5.91 Å². The second-order valence-corrected chi connectivity index (χ2v) is 5.74. The van der Waals surface area contributed by atoms with Gasteiger partial charge in [-0.2, -0.15) is 5.10 Å². The van der Waals surface area contributed by atoms with E-state index in [0.29, 0.717) is 23.7 Å². The summed E-state index contributed by atoms with van der Waals surface area (Å²) in [5.41, 5.74) is 0.533. The summed E-state index contributed by atoms with van der Waals surface area (Å²) < 4.78 is 7.45. The van der Waals surface area contributed by atoms with Crippen molar-refractivity contribution in [2.24, 2.45) is 0 Å². The van der Waals surface area contributed by atoms with E-state index in [-0.39, 0.29) is 11.9 Å². The third kappa shape index (κ3) is 3.47. The van der Waals surface area contributed by atoms with Crippen LogP contribution in [0.2, 0.25) is 0 Å². The molecular weight excluding hydrogens is 320 g/mol. The van der Waals surface area contributed by atoms with Gasteiger partial charge in [-0.15, -0.1) is 0 Å². The lowest BCUT2D eigenvalue weighted by Crippen LogP contribution is -2.41. The molecule has 1 amide bonds. The van der Waals surface area contributed by atoms with Crippen LogP contribution in [0.1, 0.15) is 22.6 Å².